The highest BCUT2D eigenvalue weighted by Crippen LogP contribution is 2.26. The van der Waals surface area contributed by atoms with Crippen molar-refractivity contribution in [1.29, 1.82) is 0 Å². The third-order valence-electron chi connectivity index (χ3n) is 5.44. The second kappa shape index (κ2) is 9.15. The molecule has 0 radical (unpaired) electrons. The van der Waals surface area contributed by atoms with E-state index in [4.69, 9.17) is 10.5 Å². The first-order valence-electron chi connectivity index (χ1n) is 10.0. The Morgan fingerprint density at radius 1 is 1.32 bits per heavy atom. The first-order valence-corrected chi connectivity index (χ1v) is 10.8. The van der Waals surface area contributed by atoms with E-state index in [0.29, 0.717) is 15.6 Å². The number of ether oxygens (including phenoxy) is 1. The average Bonchev–Trinajstić information content (AvgIpc) is 3.36. The van der Waals surface area contributed by atoms with Crippen LogP contribution in [0.3, 0.4) is 0 Å². The van der Waals surface area contributed by atoms with Gasteiger partial charge >= 0.3 is 0 Å². The summed E-state index contributed by atoms with van der Waals surface area (Å²) in [5.41, 5.74) is 8.38. The van der Waals surface area contributed by atoms with Crippen LogP contribution in [0.15, 0.2) is 47.3 Å². The van der Waals surface area contributed by atoms with Gasteiger partial charge in [-0.25, -0.2) is 9.37 Å². The number of anilines is 1. The molecule has 4 rings (SSSR count). The molecule has 2 heterocycles. The molecule has 7 nitrogen and oxygen atoms in total. The molecule has 9 heteroatoms. The van der Waals surface area contributed by atoms with Crippen molar-refractivity contribution in [1.82, 2.24) is 20.1 Å². The summed E-state index contributed by atoms with van der Waals surface area (Å²) in [6.45, 7) is 0.149. The number of hydrogen-bond donors (Lipinski definition) is 2. The summed E-state index contributed by atoms with van der Waals surface area (Å²) in [5, 5.41) is 7.17. The molecule has 1 aromatic carbocycles. The minimum Gasteiger partial charge on any atom is -0.383 e. The minimum atomic E-state index is -0.320. The van der Waals surface area contributed by atoms with Crippen LogP contribution in [0.2, 0.25) is 0 Å². The molecule has 1 aliphatic carbocycles. The molecule has 162 valence electrons. The quantitative estimate of drug-likeness (QED) is 0.550. The number of nitrogens with zero attached hydrogens (tertiary/aromatic N) is 3. The number of aryl methyl sites for hydroxylation is 1. The molecule has 1 saturated carbocycles. The molecule has 3 N–H and O–H groups in total. The highest BCUT2D eigenvalue weighted by molar-refractivity contribution is 9.10. The monoisotopic (exact) mass is 487 g/mol. The molecule has 0 aliphatic heterocycles. The number of nitrogens with two attached hydrogens (primary N) is 1. The number of benzene rings is 1. The van der Waals surface area contributed by atoms with Gasteiger partial charge in [0.25, 0.3) is 5.91 Å². The van der Waals surface area contributed by atoms with Gasteiger partial charge in [-0.3, -0.25) is 9.48 Å². The molecule has 0 bridgehead atoms. The van der Waals surface area contributed by atoms with E-state index in [9.17, 15) is 9.18 Å². The number of amides is 1. The van der Waals surface area contributed by atoms with E-state index in [-0.39, 0.29) is 36.3 Å². The Labute approximate surface area is 187 Å². The number of carbonyl (C=O) groups excluding carboxylic acids is 1. The van der Waals surface area contributed by atoms with Crippen molar-refractivity contribution in [2.75, 3.05) is 5.73 Å². The zero-order valence-corrected chi connectivity index (χ0v) is 18.6. The second-order valence-electron chi connectivity index (χ2n) is 7.66. The van der Waals surface area contributed by atoms with E-state index in [1.807, 2.05) is 13.2 Å². The Morgan fingerprint density at radius 2 is 2.16 bits per heavy atom. The van der Waals surface area contributed by atoms with E-state index in [1.54, 1.807) is 35.3 Å². The number of nitrogens with one attached hydrogen (secondary N) is 1. The van der Waals surface area contributed by atoms with Gasteiger partial charge in [-0.05, 0) is 37.5 Å². The zero-order chi connectivity index (χ0) is 22.0. The van der Waals surface area contributed by atoms with Gasteiger partial charge in [0.2, 0.25) is 0 Å². The lowest BCUT2D eigenvalue weighted by Crippen LogP contribution is -2.41. The molecular formula is C22H23BrFN5O2. The van der Waals surface area contributed by atoms with Crippen LogP contribution in [0.1, 0.15) is 35.2 Å². The molecule has 0 spiro atoms. The highest BCUT2D eigenvalue weighted by Gasteiger charge is 2.30. The molecule has 1 unspecified atom stereocenters. The number of rotatable bonds is 6. The summed E-state index contributed by atoms with van der Waals surface area (Å²) in [6.07, 6.45) is 7.48. The molecule has 2 aromatic heterocycles. The van der Waals surface area contributed by atoms with Gasteiger partial charge in [0, 0.05) is 40.6 Å². The first kappa shape index (κ1) is 21.5. The van der Waals surface area contributed by atoms with Crippen molar-refractivity contribution in [3.63, 3.8) is 0 Å². The van der Waals surface area contributed by atoms with Gasteiger partial charge in [0.15, 0.2) is 0 Å². The molecular weight excluding hydrogens is 465 g/mol. The first-order chi connectivity index (χ1) is 14.9. The molecule has 3 aromatic rings. The summed E-state index contributed by atoms with van der Waals surface area (Å²) in [5.74, 6) is -0.456. The third-order valence-corrected chi connectivity index (χ3v) is 5.93. The number of halogens is 2. The third kappa shape index (κ3) is 4.94. The number of nitrogen functional groups attached to an aromatic ring is 1. The number of pyridine rings is 1. The van der Waals surface area contributed by atoms with Crippen LogP contribution >= 0.6 is 15.9 Å². The van der Waals surface area contributed by atoms with Gasteiger partial charge < -0.3 is 15.8 Å². The van der Waals surface area contributed by atoms with Crippen LogP contribution in [0.5, 0.6) is 0 Å². The molecule has 0 saturated heterocycles. The highest BCUT2D eigenvalue weighted by atomic mass is 79.9. The maximum Gasteiger partial charge on any atom is 0.255 e. The van der Waals surface area contributed by atoms with Crippen molar-refractivity contribution in [3.8, 4) is 11.1 Å². The van der Waals surface area contributed by atoms with Gasteiger partial charge in [-0.2, -0.15) is 5.10 Å². The maximum absolute atomic E-state index is 14.1. The van der Waals surface area contributed by atoms with Gasteiger partial charge in [-0.15, -0.1) is 0 Å². The fraction of sp³-hybridized carbons (Fsp3) is 0.318. The molecule has 2 atom stereocenters. The van der Waals surface area contributed by atoms with Crippen LogP contribution in [-0.2, 0) is 18.4 Å². The van der Waals surface area contributed by atoms with Crippen molar-refractivity contribution >= 4 is 27.7 Å². The summed E-state index contributed by atoms with van der Waals surface area (Å²) in [7, 11) is 1.82. The SMILES string of the molecule is Cn1cc(-c2cnc(N)c(C(=O)N[C@H]3CCCC3OCc3ccc(Br)cc3F)c2)cn1. The number of carbonyl (C=O) groups is 1. The molecule has 1 aliphatic rings. The Morgan fingerprint density at radius 3 is 2.90 bits per heavy atom. The zero-order valence-electron chi connectivity index (χ0n) is 17.0. The van der Waals surface area contributed by atoms with Crippen molar-refractivity contribution in [3.05, 3.63) is 64.3 Å². The van der Waals surface area contributed by atoms with Gasteiger partial charge in [0.1, 0.15) is 11.6 Å². The largest absolute Gasteiger partial charge is 0.383 e. The topological polar surface area (TPSA) is 95.1 Å². The summed E-state index contributed by atoms with van der Waals surface area (Å²) < 4.78 is 22.4. The van der Waals surface area contributed by atoms with Crippen LogP contribution in [-0.4, -0.2) is 32.8 Å². The molecule has 1 fully saturated rings. The fourth-order valence-corrected chi connectivity index (χ4v) is 4.09. The molecule has 1 amide bonds. The Bertz CT molecular complexity index is 1100. The number of aromatic nitrogens is 3. The van der Waals surface area contributed by atoms with Crippen molar-refractivity contribution in [2.24, 2.45) is 7.05 Å². The van der Waals surface area contributed by atoms with Crippen LogP contribution in [0.25, 0.3) is 11.1 Å². The Hall–Kier alpha value is -2.78. The maximum atomic E-state index is 14.1. The number of hydrogen-bond acceptors (Lipinski definition) is 5. The van der Waals surface area contributed by atoms with E-state index in [2.05, 4.69) is 31.3 Å². The van der Waals surface area contributed by atoms with E-state index in [1.165, 1.54) is 6.07 Å². The lowest BCUT2D eigenvalue weighted by molar-refractivity contribution is 0.0259. The van der Waals surface area contributed by atoms with E-state index < -0.39 is 0 Å². The Kier molecular flexibility index (Phi) is 6.33. The van der Waals surface area contributed by atoms with E-state index >= 15 is 0 Å². The predicted octanol–water partition coefficient (Wildman–Crippen LogP) is 3.83. The van der Waals surface area contributed by atoms with Gasteiger partial charge in [0.05, 0.1) is 30.5 Å². The Balaban J connectivity index is 1.43. The van der Waals surface area contributed by atoms with Crippen LogP contribution in [0.4, 0.5) is 10.2 Å². The molecule has 31 heavy (non-hydrogen) atoms. The van der Waals surface area contributed by atoms with Crippen molar-refractivity contribution < 1.29 is 13.9 Å². The minimum absolute atomic E-state index is 0.149. The predicted molar refractivity (Wildman–Crippen MR) is 119 cm³/mol. The van der Waals surface area contributed by atoms with Crippen molar-refractivity contribution in [2.45, 2.75) is 38.0 Å². The fourth-order valence-electron chi connectivity index (χ4n) is 3.76. The lowest BCUT2D eigenvalue weighted by atomic mass is 10.1. The standard InChI is InChI=1S/C22H23BrFN5O2/c1-29-11-15(10-27-29)14-7-17(21(25)26-9-14)22(30)28-19-3-2-4-20(19)31-12-13-5-6-16(23)8-18(13)24/h5-11,19-20H,2-4,12H2,1H3,(H2,25,26)(H,28,30)/t19-,20?/m0/s1. The van der Waals surface area contributed by atoms with Gasteiger partial charge in [-0.1, -0.05) is 22.0 Å². The lowest BCUT2D eigenvalue weighted by Gasteiger charge is -2.22. The normalized spacial score (nSPS) is 18.3. The second-order valence-corrected chi connectivity index (χ2v) is 8.57. The van der Waals surface area contributed by atoms with Crippen LogP contribution in [0, 0.1) is 5.82 Å². The summed E-state index contributed by atoms with van der Waals surface area (Å²) in [4.78, 5) is 17.1. The average molecular weight is 488 g/mol. The smallest absolute Gasteiger partial charge is 0.255 e. The van der Waals surface area contributed by atoms with E-state index in [0.717, 1.165) is 30.4 Å². The summed E-state index contributed by atoms with van der Waals surface area (Å²) >= 11 is 3.25. The summed E-state index contributed by atoms with van der Waals surface area (Å²) in [6, 6.07) is 6.43. The van der Waals surface area contributed by atoms with Crippen LogP contribution < -0.4 is 11.1 Å².